The van der Waals surface area contributed by atoms with Crippen LogP contribution in [0.5, 0.6) is 0 Å². The number of allylic oxidation sites excluding steroid dienone is 9. The second-order valence-corrected chi connectivity index (χ2v) is 16.0. The third kappa shape index (κ3) is 41.5. The van der Waals surface area contributed by atoms with Gasteiger partial charge in [-0.1, -0.05) is 203 Å². The van der Waals surface area contributed by atoms with Gasteiger partial charge in [-0.05, 0) is 77.0 Å². The summed E-state index contributed by atoms with van der Waals surface area (Å²) >= 11 is 0. The lowest BCUT2D eigenvalue weighted by atomic mass is 10.0. The van der Waals surface area contributed by atoms with E-state index in [-0.39, 0.29) is 18.9 Å². The number of hydrogen-bond donors (Lipinski definition) is 4. The number of aliphatic hydroxyl groups excluding tert-OH is 3. The Morgan fingerprint density at radius 1 is 0.473 bits per heavy atom. The van der Waals surface area contributed by atoms with Crippen LogP contribution in [0, 0.1) is 0 Å². The van der Waals surface area contributed by atoms with E-state index < -0.39 is 18.2 Å². The molecule has 55 heavy (non-hydrogen) atoms. The Morgan fingerprint density at radius 3 is 1.31 bits per heavy atom. The molecule has 0 spiro atoms. The summed E-state index contributed by atoms with van der Waals surface area (Å²) in [5.41, 5.74) is 0. The molecule has 0 heterocycles. The maximum Gasteiger partial charge on any atom is 0.222 e. The highest BCUT2D eigenvalue weighted by atomic mass is 16.3. The molecule has 0 radical (unpaired) electrons. The van der Waals surface area contributed by atoms with Crippen molar-refractivity contribution in [2.24, 2.45) is 0 Å². The highest BCUT2D eigenvalue weighted by molar-refractivity contribution is 5.76. The van der Waals surface area contributed by atoms with Crippen LogP contribution in [0.1, 0.15) is 226 Å². The monoisotopic (exact) mass is 770 g/mol. The molecule has 0 bridgehead atoms. The molecule has 0 saturated heterocycles. The van der Waals surface area contributed by atoms with E-state index in [4.69, 9.17) is 0 Å². The molecule has 0 aliphatic heterocycles. The van der Waals surface area contributed by atoms with Gasteiger partial charge in [-0.3, -0.25) is 4.79 Å². The van der Waals surface area contributed by atoms with Crippen molar-refractivity contribution in [3.05, 3.63) is 60.8 Å². The Bertz CT molecular complexity index is 938. The number of aliphatic hydroxyl groups is 3. The standard InChI is InChI=1S/C50H91NO4/c1-3-5-7-9-11-13-15-17-18-19-20-21-22-23-24-25-26-27-28-29-30-32-33-35-37-39-41-43-47(53)45-50(55)51-48(46-52)49(54)44-42-40-38-36-34-31-16-14-12-10-8-6-4-2/h12,14,20-21,23-24,34,36,42,44,47-49,52-54H,3-11,13,15-19,22,25-33,35,37-41,43,45-46H2,1-2H3,(H,51,55)/b14-12+,21-20-,24-23-,36-34+,44-42+. The van der Waals surface area contributed by atoms with Crippen molar-refractivity contribution in [2.75, 3.05) is 6.61 Å². The molecule has 320 valence electrons. The number of rotatable bonds is 42. The highest BCUT2D eigenvalue weighted by Gasteiger charge is 2.20. The van der Waals surface area contributed by atoms with E-state index in [0.29, 0.717) is 6.42 Å². The van der Waals surface area contributed by atoms with Gasteiger partial charge in [0.15, 0.2) is 0 Å². The molecule has 3 unspecified atom stereocenters. The maximum absolute atomic E-state index is 12.4. The highest BCUT2D eigenvalue weighted by Crippen LogP contribution is 2.15. The number of amides is 1. The summed E-state index contributed by atoms with van der Waals surface area (Å²) in [5.74, 6) is -0.333. The minimum atomic E-state index is -0.961. The number of unbranched alkanes of at least 4 members (excludes halogenated alkanes) is 25. The second kappa shape index (κ2) is 44.8. The molecule has 1 amide bonds. The minimum Gasteiger partial charge on any atom is -0.394 e. The molecule has 0 rings (SSSR count). The second-order valence-electron chi connectivity index (χ2n) is 16.0. The summed E-state index contributed by atoms with van der Waals surface area (Å²) in [7, 11) is 0. The van der Waals surface area contributed by atoms with Crippen LogP contribution in [0.15, 0.2) is 60.8 Å². The van der Waals surface area contributed by atoms with Gasteiger partial charge in [-0.15, -0.1) is 0 Å². The van der Waals surface area contributed by atoms with Crippen molar-refractivity contribution in [3.63, 3.8) is 0 Å². The van der Waals surface area contributed by atoms with Crippen LogP contribution in [0.4, 0.5) is 0 Å². The first-order chi connectivity index (χ1) is 27.0. The Morgan fingerprint density at radius 2 is 0.836 bits per heavy atom. The summed E-state index contributed by atoms with van der Waals surface area (Å²) in [5, 5.41) is 33.2. The van der Waals surface area contributed by atoms with Gasteiger partial charge in [-0.25, -0.2) is 0 Å². The Labute approximate surface area is 341 Å². The van der Waals surface area contributed by atoms with E-state index in [1.165, 1.54) is 154 Å². The van der Waals surface area contributed by atoms with E-state index in [2.05, 4.69) is 67.8 Å². The molecule has 0 aliphatic carbocycles. The number of carbonyl (C=O) groups excluding carboxylic acids is 1. The number of hydrogen-bond acceptors (Lipinski definition) is 4. The van der Waals surface area contributed by atoms with E-state index in [9.17, 15) is 20.1 Å². The normalized spacial score (nSPS) is 14.1. The molecule has 0 aromatic rings. The zero-order chi connectivity index (χ0) is 40.1. The van der Waals surface area contributed by atoms with Crippen LogP contribution in [-0.4, -0.2) is 46.1 Å². The van der Waals surface area contributed by atoms with Crippen molar-refractivity contribution in [1.29, 1.82) is 0 Å². The summed E-state index contributed by atoms with van der Waals surface area (Å²) in [6.07, 6.45) is 59.5. The summed E-state index contributed by atoms with van der Waals surface area (Å²) in [6.45, 7) is 4.16. The molecule has 4 N–H and O–H groups in total. The molecule has 5 nitrogen and oxygen atoms in total. The minimum absolute atomic E-state index is 0.00123. The summed E-state index contributed by atoms with van der Waals surface area (Å²) < 4.78 is 0. The van der Waals surface area contributed by atoms with Gasteiger partial charge in [-0.2, -0.15) is 0 Å². The molecule has 0 aliphatic rings. The topological polar surface area (TPSA) is 89.8 Å². The molecular formula is C50H91NO4. The largest absolute Gasteiger partial charge is 0.394 e. The van der Waals surface area contributed by atoms with Gasteiger partial charge in [0.2, 0.25) is 5.91 Å². The van der Waals surface area contributed by atoms with Crippen LogP contribution in [0.25, 0.3) is 0 Å². The zero-order valence-electron chi connectivity index (χ0n) is 36.3. The third-order valence-corrected chi connectivity index (χ3v) is 10.5. The predicted molar refractivity (Wildman–Crippen MR) is 240 cm³/mol. The molecule has 5 heteroatoms. The van der Waals surface area contributed by atoms with Gasteiger partial charge >= 0.3 is 0 Å². The molecule has 0 fully saturated rings. The summed E-state index contributed by atoms with van der Waals surface area (Å²) in [6, 6.07) is -0.769. The fourth-order valence-corrected chi connectivity index (χ4v) is 6.87. The van der Waals surface area contributed by atoms with E-state index >= 15 is 0 Å². The fraction of sp³-hybridized carbons (Fsp3) is 0.780. The van der Waals surface area contributed by atoms with Crippen molar-refractivity contribution < 1.29 is 20.1 Å². The van der Waals surface area contributed by atoms with E-state index in [1.54, 1.807) is 6.08 Å². The van der Waals surface area contributed by atoms with Gasteiger partial charge in [0.1, 0.15) is 0 Å². The third-order valence-electron chi connectivity index (χ3n) is 10.5. The first-order valence-electron chi connectivity index (χ1n) is 23.6. The van der Waals surface area contributed by atoms with Gasteiger partial charge in [0.05, 0.1) is 31.3 Å². The van der Waals surface area contributed by atoms with E-state index in [1.807, 2.05) is 6.08 Å². The number of carbonyl (C=O) groups is 1. The Kier molecular flexibility index (Phi) is 43.2. The molecular weight excluding hydrogens is 679 g/mol. The van der Waals surface area contributed by atoms with Crippen LogP contribution < -0.4 is 5.32 Å². The van der Waals surface area contributed by atoms with Crippen LogP contribution in [0.3, 0.4) is 0 Å². The Hall–Kier alpha value is -1.95. The van der Waals surface area contributed by atoms with Gasteiger partial charge < -0.3 is 20.6 Å². The smallest absolute Gasteiger partial charge is 0.222 e. The quantitative estimate of drug-likeness (QED) is 0.0368. The first-order valence-corrected chi connectivity index (χ1v) is 23.6. The lowest BCUT2D eigenvalue weighted by Gasteiger charge is -2.21. The molecule has 0 aromatic carbocycles. The van der Waals surface area contributed by atoms with Crippen molar-refractivity contribution in [1.82, 2.24) is 5.32 Å². The summed E-state index contributed by atoms with van der Waals surface area (Å²) in [4.78, 5) is 12.4. The fourth-order valence-electron chi connectivity index (χ4n) is 6.87. The average Bonchev–Trinajstić information content (AvgIpc) is 3.18. The Balaban J connectivity index is 3.64. The average molecular weight is 770 g/mol. The SMILES string of the molecule is CCCCC/C=C/CC/C=C/CC/C=C/C(O)C(CO)NC(=O)CC(O)CCCCCCCCCCCCC/C=C\C/C=C\CCCCCCCCCCC. The molecule has 0 aromatic heterocycles. The predicted octanol–water partition coefficient (Wildman–Crippen LogP) is 13.9. The number of nitrogens with one attached hydrogen (secondary N) is 1. The van der Waals surface area contributed by atoms with Crippen molar-refractivity contribution >= 4 is 5.91 Å². The lowest BCUT2D eigenvalue weighted by Crippen LogP contribution is -2.45. The van der Waals surface area contributed by atoms with Gasteiger partial charge in [0.25, 0.3) is 0 Å². The zero-order valence-corrected chi connectivity index (χ0v) is 36.3. The molecule has 0 saturated carbocycles. The maximum atomic E-state index is 12.4. The lowest BCUT2D eigenvalue weighted by molar-refractivity contribution is -0.124. The van der Waals surface area contributed by atoms with E-state index in [0.717, 1.165) is 44.9 Å². The molecule has 3 atom stereocenters. The van der Waals surface area contributed by atoms with Crippen LogP contribution >= 0.6 is 0 Å². The van der Waals surface area contributed by atoms with Crippen LogP contribution in [0.2, 0.25) is 0 Å². The van der Waals surface area contributed by atoms with Crippen LogP contribution in [-0.2, 0) is 4.79 Å². The van der Waals surface area contributed by atoms with Crippen molar-refractivity contribution in [2.45, 2.75) is 244 Å². The van der Waals surface area contributed by atoms with Gasteiger partial charge in [0, 0.05) is 0 Å². The first kappa shape index (κ1) is 53.0. The van der Waals surface area contributed by atoms with Crippen molar-refractivity contribution in [3.8, 4) is 0 Å².